The molecule has 0 spiro atoms. The third-order valence-corrected chi connectivity index (χ3v) is 5.21. The molecule has 0 amide bonds. The average Bonchev–Trinajstić information content (AvgIpc) is 3.07. The molecule has 1 aromatic carbocycles. The number of para-hydroxylation sites is 1. The third-order valence-electron chi connectivity index (χ3n) is 4.04. The first-order valence-electron chi connectivity index (χ1n) is 7.57. The summed E-state index contributed by atoms with van der Waals surface area (Å²) in [5, 5.41) is 1.29. The van der Waals surface area contributed by atoms with Crippen molar-refractivity contribution in [3.05, 3.63) is 45.6 Å². The van der Waals surface area contributed by atoms with Gasteiger partial charge in [-0.3, -0.25) is 0 Å². The molecule has 1 aliphatic carbocycles. The van der Waals surface area contributed by atoms with E-state index in [9.17, 15) is 4.79 Å². The number of aromatic nitrogens is 1. The standard InChI is InChI=1S/C18H17NO2S/c1-10(2)21-18(20)16-9-13-15(22-16)8-7-12-11-5-3-4-6-14(11)19-17(12)13/h3-6,9-10,19H,7-8H2,1-2H3. The lowest BCUT2D eigenvalue weighted by molar-refractivity contribution is 0.0384. The van der Waals surface area contributed by atoms with Crippen molar-refractivity contribution in [3.63, 3.8) is 0 Å². The number of rotatable bonds is 2. The van der Waals surface area contributed by atoms with Gasteiger partial charge in [0.25, 0.3) is 0 Å². The summed E-state index contributed by atoms with van der Waals surface area (Å²) in [6.45, 7) is 3.75. The lowest BCUT2D eigenvalue weighted by Crippen LogP contribution is -2.09. The van der Waals surface area contributed by atoms with Crippen LogP contribution >= 0.6 is 11.3 Å². The molecule has 112 valence electrons. The summed E-state index contributed by atoms with van der Waals surface area (Å²) < 4.78 is 5.32. The first-order valence-corrected chi connectivity index (χ1v) is 8.39. The number of esters is 1. The number of fused-ring (bicyclic) bond motifs is 5. The van der Waals surface area contributed by atoms with Gasteiger partial charge in [-0.25, -0.2) is 4.79 Å². The Morgan fingerprint density at radius 3 is 2.91 bits per heavy atom. The van der Waals surface area contributed by atoms with Gasteiger partial charge in [0.1, 0.15) is 4.88 Å². The van der Waals surface area contributed by atoms with Crippen LogP contribution in [-0.4, -0.2) is 17.1 Å². The van der Waals surface area contributed by atoms with Crippen molar-refractivity contribution in [2.45, 2.75) is 32.8 Å². The number of hydrogen-bond donors (Lipinski definition) is 1. The Morgan fingerprint density at radius 2 is 2.09 bits per heavy atom. The van der Waals surface area contributed by atoms with Crippen LogP contribution in [0.15, 0.2) is 30.3 Å². The molecule has 1 aliphatic rings. The first-order chi connectivity index (χ1) is 10.6. The Hall–Kier alpha value is -2.07. The van der Waals surface area contributed by atoms with Crippen molar-refractivity contribution in [1.82, 2.24) is 4.98 Å². The van der Waals surface area contributed by atoms with Gasteiger partial charge in [-0.1, -0.05) is 18.2 Å². The number of aryl methyl sites for hydroxylation is 2. The number of aromatic amines is 1. The summed E-state index contributed by atoms with van der Waals surface area (Å²) in [5.41, 5.74) is 4.86. The number of carbonyl (C=O) groups is 1. The molecule has 0 saturated carbocycles. The molecule has 4 rings (SSSR count). The van der Waals surface area contributed by atoms with Gasteiger partial charge >= 0.3 is 5.97 Å². The van der Waals surface area contributed by atoms with E-state index in [0.717, 1.165) is 23.9 Å². The van der Waals surface area contributed by atoms with Gasteiger partial charge in [0, 0.05) is 21.3 Å². The molecule has 22 heavy (non-hydrogen) atoms. The highest BCUT2D eigenvalue weighted by Crippen LogP contribution is 2.41. The van der Waals surface area contributed by atoms with Crippen LogP contribution in [0.4, 0.5) is 0 Å². The molecule has 0 bridgehead atoms. The monoisotopic (exact) mass is 311 g/mol. The fraction of sp³-hybridized carbons (Fsp3) is 0.278. The molecule has 2 aromatic heterocycles. The SMILES string of the molecule is CC(C)OC(=O)c1cc2c(s1)CCc1c-2[nH]c2ccccc12. The number of ether oxygens (including phenoxy) is 1. The minimum absolute atomic E-state index is 0.0877. The van der Waals surface area contributed by atoms with Crippen molar-refractivity contribution >= 4 is 28.2 Å². The highest BCUT2D eigenvalue weighted by molar-refractivity contribution is 7.14. The van der Waals surface area contributed by atoms with Gasteiger partial charge in [0.15, 0.2) is 0 Å². The molecule has 0 saturated heterocycles. The molecular weight excluding hydrogens is 294 g/mol. The number of thiophene rings is 1. The van der Waals surface area contributed by atoms with E-state index in [1.807, 2.05) is 26.0 Å². The predicted octanol–water partition coefficient (Wildman–Crippen LogP) is 4.56. The minimum atomic E-state index is -0.216. The van der Waals surface area contributed by atoms with E-state index < -0.39 is 0 Å². The van der Waals surface area contributed by atoms with E-state index in [-0.39, 0.29) is 12.1 Å². The number of hydrogen-bond acceptors (Lipinski definition) is 3. The van der Waals surface area contributed by atoms with Gasteiger partial charge in [0.2, 0.25) is 0 Å². The Balaban J connectivity index is 1.81. The Labute approximate surface area is 132 Å². The zero-order valence-electron chi connectivity index (χ0n) is 12.6. The molecule has 0 atom stereocenters. The maximum atomic E-state index is 12.1. The summed E-state index contributed by atoms with van der Waals surface area (Å²) in [5.74, 6) is -0.216. The van der Waals surface area contributed by atoms with Crippen LogP contribution in [0.1, 0.15) is 34.0 Å². The van der Waals surface area contributed by atoms with Crippen LogP contribution in [0.5, 0.6) is 0 Å². The molecule has 0 radical (unpaired) electrons. The second-order valence-electron chi connectivity index (χ2n) is 5.93. The number of benzene rings is 1. The number of carbonyl (C=O) groups excluding carboxylic acids is 1. The highest BCUT2D eigenvalue weighted by Gasteiger charge is 2.25. The smallest absolute Gasteiger partial charge is 0.348 e. The van der Waals surface area contributed by atoms with Crippen molar-refractivity contribution in [3.8, 4) is 11.3 Å². The Kier molecular flexibility index (Phi) is 3.08. The highest BCUT2D eigenvalue weighted by atomic mass is 32.1. The topological polar surface area (TPSA) is 42.1 Å². The third kappa shape index (κ3) is 2.06. The zero-order chi connectivity index (χ0) is 15.3. The summed E-state index contributed by atoms with van der Waals surface area (Å²) in [7, 11) is 0. The maximum Gasteiger partial charge on any atom is 0.348 e. The zero-order valence-corrected chi connectivity index (χ0v) is 13.4. The van der Waals surface area contributed by atoms with Crippen LogP contribution in [-0.2, 0) is 17.6 Å². The summed E-state index contributed by atoms with van der Waals surface area (Å²) in [6, 6.07) is 10.4. The molecule has 4 heteroatoms. The normalized spacial score (nSPS) is 13.2. The number of H-pyrrole nitrogens is 1. The molecule has 0 aliphatic heterocycles. The van der Waals surface area contributed by atoms with E-state index >= 15 is 0 Å². The summed E-state index contributed by atoms with van der Waals surface area (Å²) in [4.78, 5) is 17.6. The fourth-order valence-electron chi connectivity index (χ4n) is 3.13. The van der Waals surface area contributed by atoms with Gasteiger partial charge < -0.3 is 9.72 Å². The van der Waals surface area contributed by atoms with Crippen molar-refractivity contribution in [2.75, 3.05) is 0 Å². The Morgan fingerprint density at radius 1 is 1.27 bits per heavy atom. The van der Waals surface area contributed by atoms with Crippen LogP contribution < -0.4 is 0 Å². The maximum absolute atomic E-state index is 12.1. The van der Waals surface area contributed by atoms with Crippen molar-refractivity contribution in [1.29, 1.82) is 0 Å². The predicted molar refractivity (Wildman–Crippen MR) is 89.6 cm³/mol. The molecule has 3 aromatic rings. The van der Waals surface area contributed by atoms with Crippen molar-refractivity contribution < 1.29 is 9.53 Å². The van der Waals surface area contributed by atoms with E-state index in [1.165, 1.54) is 21.5 Å². The lowest BCUT2D eigenvalue weighted by atomic mass is 9.95. The summed E-state index contributed by atoms with van der Waals surface area (Å²) >= 11 is 1.56. The van der Waals surface area contributed by atoms with Gasteiger partial charge in [-0.2, -0.15) is 0 Å². The van der Waals surface area contributed by atoms with Crippen LogP contribution in [0.25, 0.3) is 22.2 Å². The number of nitrogens with one attached hydrogen (secondary N) is 1. The van der Waals surface area contributed by atoms with E-state index in [2.05, 4.69) is 23.2 Å². The molecular formula is C18H17NO2S. The first kappa shape index (κ1) is 13.6. The molecule has 0 unspecified atom stereocenters. The van der Waals surface area contributed by atoms with Gasteiger partial charge in [-0.05, 0) is 44.4 Å². The minimum Gasteiger partial charge on any atom is -0.459 e. The van der Waals surface area contributed by atoms with Crippen LogP contribution in [0.3, 0.4) is 0 Å². The van der Waals surface area contributed by atoms with E-state index in [1.54, 1.807) is 11.3 Å². The fourth-order valence-corrected chi connectivity index (χ4v) is 4.18. The molecule has 2 heterocycles. The lowest BCUT2D eigenvalue weighted by Gasteiger charge is -2.11. The average molecular weight is 311 g/mol. The summed E-state index contributed by atoms with van der Waals surface area (Å²) in [6.07, 6.45) is 1.92. The molecule has 1 N–H and O–H groups in total. The van der Waals surface area contributed by atoms with Crippen LogP contribution in [0, 0.1) is 0 Å². The second kappa shape index (κ2) is 4.99. The largest absolute Gasteiger partial charge is 0.459 e. The quantitative estimate of drug-likeness (QED) is 0.705. The molecule has 3 nitrogen and oxygen atoms in total. The Bertz CT molecular complexity index is 872. The van der Waals surface area contributed by atoms with E-state index in [0.29, 0.717) is 4.88 Å². The molecule has 0 fully saturated rings. The second-order valence-corrected chi connectivity index (χ2v) is 7.06. The van der Waals surface area contributed by atoms with E-state index in [4.69, 9.17) is 4.74 Å². The van der Waals surface area contributed by atoms with Crippen LogP contribution in [0.2, 0.25) is 0 Å². The van der Waals surface area contributed by atoms with Gasteiger partial charge in [0.05, 0.1) is 11.8 Å². The van der Waals surface area contributed by atoms with Gasteiger partial charge in [-0.15, -0.1) is 11.3 Å². The van der Waals surface area contributed by atoms with Crippen molar-refractivity contribution in [2.24, 2.45) is 0 Å².